The van der Waals surface area contributed by atoms with Crippen molar-refractivity contribution in [2.24, 2.45) is 0 Å². The zero-order valence-electron chi connectivity index (χ0n) is 15.8. The van der Waals surface area contributed by atoms with Crippen molar-refractivity contribution in [2.45, 2.75) is 11.8 Å². The lowest BCUT2D eigenvalue weighted by Crippen LogP contribution is -2.49. The smallest absolute Gasteiger partial charge is 0.269 e. The van der Waals surface area contributed by atoms with Crippen LogP contribution in [-0.4, -0.2) is 53.4 Å². The number of nitro benzene ring substituents is 1. The second kappa shape index (κ2) is 9.04. The Balaban J connectivity index is 1.51. The molecule has 0 unspecified atom stereocenters. The fourth-order valence-corrected chi connectivity index (χ4v) is 3.89. The molecule has 1 aliphatic rings. The van der Waals surface area contributed by atoms with Gasteiger partial charge >= 0.3 is 0 Å². The monoisotopic (exact) mass is 417 g/mol. The highest BCUT2D eigenvalue weighted by molar-refractivity contribution is 8.00. The van der Waals surface area contributed by atoms with Crippen LogP contribution in [0.25, 0.3) is 0 Å². The number of non-ortho nitro benzene ring substituents is 1. The highest BCUT2D eigenvalue weighted by Gasteiger charge is 2.22. The van der Waals surface area contributed by atoms with E-state index >= 15 is 0 Å². The molecule has 29 heavy (non-hydrogen) atoms. The van der Waals surface area contributed by atoms with Gasteiger partial charge in [0, 0.05) is 54.5 Å². The van der Waals surface area contributed by atoms with E-state index in [0.29, 0.717) is 36.6 Å². The SMILES string of the molecule is CC(=O)c1ccc(SCC(=O)N2CCN(c3ccc([N+](=O)[O-])cc3)CC2)c(F)c1. The van der Waals surface area contributed by atoms with Crippen molar-refractivity contribution in [3.05, 3.63) is 64.0 Å². The number of piperazine rings is 1. The summed E-state index contributed by atoms with van der Waals surface area (Å²) in [6.07, 6.45) is 0. The standard InChI is InChI=1S/C20H20FN3O4S/c1-14(25)15-2-7-19(18(21)12-15)29-13-20(26)23-10-8-22(9-11-23)16-3-5-17(6-4-16)24(27)28/h2-7,12H,8-11,13H2,1H3. The van der Waals surface area contributed by atoms with Gasteiger partial charge < -0.3 is 9.80 Å². The Morgan fingerprint density at radius 1 is 1.10 bits per heavy atom. The topological polar surface area (TPSA) is 83.8 Å². The van der Waals surface area contributed by atoms with Crippen LogP contribution in [0.5, 0.6) is 0 Å². The van der Waals surface area contributed by atoms with E-state index in [4.69, 9.17) is 0 Å². The summed E-state index contributed by atoms with van der Waals surface area (Å²) in [4.78, 5) is 38.2. The first-order valence-corrected chi connectivity index (χ1v) is 10.0. The van der Waals surface area contributed by atoms with Crippen molar-refractivity contribution in [3.8, 4) is 0 Å². The number of nitrogens with zero attached hydrogens (tertiary/aromatic N) is 3. The fraction of sp³-hybridized carbons (Fsp3) is 0.300. The van der Waals surface area contributed by atoms with Crippen LogP contribution < -0.4 is 4.90 Å². The third kappa shape index (κ3) is 5.11. The summed E-state index contributed by atoms with van der Waals surface area (Å²) in [5.74, 6) is -0.664. The summed E-state index contributed by atoms with van der Waals surface area (Å²) in [5.41, 5.74) is 1.23. The number of hydrogen-bond donors (Lipinski definition) is 0. The number of carbonyl (C=O) groups excluding carboxylic acids is 2. The Morgan fingerprint density at radius 3 is 2.31 bits per heavy atom. The zero-order chi connectivity index (χ0) is 21.0. The first-order chi connectivity index (χ1) is 13.8. The minimum absolute atomic E-state index is 0.0446. The van der Waals surface area contributed by atoms with E-state index in [1.54, 1.807) is 23.1 Å². The van der Waals surface area contributed by atoms with Gasteiger partial charge in [0.2, 0.25) is 5.91 Å². The van der Waals surface area contributed by atoms with Crippen LogP contribution >= 0.6 is 11.8 Å². The Bertz CT molecular complexity index is 928. The summed E-state index contributed by atoms with van der Waals surface area (Å²) in [7, 11) is 0. The van der Waals surface area contributed by atoms with Gasteiger partial charge in [-0.15, -0.1) is 11.8 Å². The molecule has 0 bridgehead atoms. The zero-order valence-corrected chi connectivity index (χ0v) is 16.7. The molecule has 9 heteroatoms. The maximum absolute atomic E-state index is 14.1. The van der Waals surface area contributed by atoms with E-state index in [2.05, 4.69) is 4.90 Å². The first-order valence-electron chi connectivity index (χ1n) is 9.05. The number of amides is 1. The average molecular weight is 417 g/mol. The number of anilines is 1. The number of rotatable bonds is 6. The van der Waals surface area contributed by atoms with Crippen LogP contribution in [-0.2, 0) is 4.79 Å². The Labute approximate surface area is 171 Å². The molecule has 0 N–H and O–H groups in total. The van der Waals surface area contributed by atoms with E-state index in [0.717, 1.165) is 17.4 Å². The molecule has 0 aromatic heterocycles. The van der Waals surface area contributed by atoms with Gasteiger partial charge in [-0.25, -0.2) is 4.39 Å². The molecule has 7 nitrogen and oxygen atoms in total. The summed E-state index contributed by atoms with van der Waals surface area (Å²) >= 11 is 1.12. The Morgan fingerprint density at radius 2 is 1.76 bits per heavy atom. The summed E-state index contributed by atoms with van der Waals surface area (Å²) in [5, 5.41) is 10.7. The van der Waals surface area contributed by atoms with Crippen molar-refractivity contribution in [1.29, 1.82) is 0 Å². The molecule has 2 aromatic carbocycles. The van der Waals surface area contributed by atoms with Crippen LogP contribution in [0, 0.1) is 15.9 Å². The lowest BCUT2D eigenvalue weighted by molar-refractivity contribution is -0.384. The number of carbonyl (C=O) groups is 2. The van der Waals surface area contributed by atoms with Crippen LogP contribution in [0.15, 0.2) is 47.4 Å². The third-order valence-electron chi connectivity index (χ3n) is 4.75. The predicted octanol–water partition coefficient (Wildman–Crippen LogP) is 3.38. The number of benzene rings is 2. The van der Waals surface area contributed by atoms with E-state index in [-0.39, 0.29) is 23.1 Å². The van der Waals surface area contributed by atoms with Gasteiger partial charge in [-0.3, -0.25) is 19.7 Å². The van der Waals surface area contributed by atoms with Crippen LogP contribution in [0.4, 0.5) is 15.8 Å². The molecule has 152 valence electrons. The Kier molecular flexibility index (Phi) is 6.48. The molecular weight excluding hydrogens is 397 g/mol. The number of ketones is 1. The van der Waals surface area contributed by atoms with Crippen molar-refractivity contribution >= 4 is 34.8 Å². The number of halogens is 1. The van der Waals surface area contributed by atoms with Gasteiger partial charge in [-0.2, -0.15) is 0 Å². The minimum Gasteiger partial charge on any atom is -0.368 e. The number of thioether (sulfide) groups is 1. The summed E-state index contributed by atoms with van der Waals surface area (Å²) < 4.78 is 14.1. The van der Waals surface area contributed by atoms with E-state index in [1.165, 1.54) is 31.2 Å². The largest absolute Gasteiger partial charge is 0.368 e. The van der Waals surface area contributed by atoms with E-state index < -0.39 is 10.7 Å². The molecular formula is C20H20FN3O4S. The van der Waals surface area contributed by atoms with Crippen molar-refractivity contribution in [2.75, 3.05) is 36.8 Å². The predicted molar refractivity (Wildman–Crippen MR) is 109 cm³/mol. The van der Waals surface area contributed by atoms with Gasteiger partial charge in [0.1, 0.15) is 5.82 Å². The number of Topliss-reactive ketones (excluding diaryl/α,β-unsaturated/α-hetero) is 1. The normalized spacial score (nSPS) is 14.0. The van der Waals surface area contributed by atoms with Gasteiger partial charge in [0.25, 0.3) is 5.69 Å². The van der Waals surface area contributed by atoms with Crippen LogP contribution in [0.2, 0.25) is 0 Å². The van der Waals surface area contributed by atoms with Crippen molar-refractivity contribution in [3.63, 3.8) is 0 Å². The molecule has 0 saturated carbocycles. The lowest BCUT2D eigenvalue weighted by atomic mass is 10.1. The number of hydrogen-bond acceptors (Lipinski definition) is 6. The molecule has 0 radical (unpaired) electrons. The second-order valence-electron chi connectivity index (χ2n) is 6.63. The molecule has 1 aliphatic heterocycles. The van der Waals surface area contributed by atoms with Gasteiger partial charge in [0.15, 0.2) is 5.78 Å². The van der Waals surface area contributed by atoms with Gasteiger partial charge in [0.05, 0.1) is 10.7 Å². The molecule has 0 spiro atoms. The molecule has 0 aliphatic carbocycles. The second-order valence-corrected chi connectivity index (χ2v) is 7.65. The first kappa shape index (κ1) is 20.8. The lowest BCUT2D eigenvalue weighted by Gasteiger charge is -2.36. The van der Waals surface area contributed by atoms with Crippen LogP contribution in [0.3, 0.4) is 0 Å². The molecule has 2 aromatic rings. The number of nitro groups is 1. The summed E-state index contributed by atoms with van der Waals surface area (Å²) in [6, 6.07) is 10.6. The maximum Gasteiger partial charge on any atom is 0.269 e. The average Bonchev–Trinajstić information content (AvgIpc) is 2.72. The molecule has 1 saturated heterocycles. The molecule has 1 fully saturated rings. The highest BCUT2D eigenvalue weighted by atomic mass is 32.2. The maximum atomic E-state index is 14.1. The van der Waals surface area contributed by atoms with Crippen molar-refractivity contribution < 1.29 is 18.9 Å². The minimum atomic E-state index is -0.501. The molecule has 1 amide bonds. The van der Waals surface area contributed by atoms with Gasteiger partial charge in [-0.05, 0) is 31.2 Å². The van der Waals surface area contributed by atoms with Crippen molar-refractivity contribution in [1.82, 2.24) is 4.90 Å². The Hall–Kier alpha value is -2.94. The highest BCUT2D eigenvalue weighted by Crippen LogP contribution is 2.24. The summed E-state index contributed by atoms with van der Waals surface area (Å²) in [6.45, 7) is 3.68. The quantitative estimate of drug-likeness (QED) is 0.310. The van der Waals surface area contributed by atoms with E-state index in [1.807, 2.05) is 0 Å². The van der Waals surface area contributed by atoms with E-state index in [9.17, 15) is 24.1 Å². The van der Waals surface area contributed by atoms with Gasteiger partial charge in [-0.1, -0.05) is 6.07 Å². The third-order valence-corrected chi connectivity index (χ3v) is 5.78. The molecule has 1 heterocycles. The molecule has 3 rings (SSSR count). The van der Waals surface area contributed by atoms with Crippen LogP contribution in [0.1, 0.15) is 17.3 Å². The fourth-order valence-electron chi connectivity index (χ4n) is 3.07. The molecule has 0 atom stereocenters.